The van der Waals surface area contributed by atoms with Crippen molar-refractivity contribution in [3.8, 4) is 6.01 Å². The molecule has 154 valence electrons. The highest BCUT2D eigenvalue weighted by molar-refractivity contribution is 5.82. The van der Waals surface area contributed by atoms with Gasteiger partial charge in [-0.3, -0.25) is 4.57 Å². The number of aromatic nitrogens is 4. The number of rotatable bonds is 6. The summed E-state index contributed by atoms with van der Waals surface area (Å²) in [7, 11) is 0. The predicted molar refractivity (Wildman–Crippen MR) is 99.6 cm³/mol. The fourth-order valence-electron chi connectivity index (χ4n) is 3.20. The molecule has 1 aliphatic heterocycles. The molecule has 29 heavy (non-hydrogen) atoms. The van der Waals surface area contributed by atoms with Gasteiger partial charge < -0.3 is 35.6 Å². The highest BCUT2D eigenvalue weighted by atomic mass is 16.6. The number of aliphatic hydroxyl groups excluding tert-OH is 4. The van der Waals surface area contributed by atoms with Crippen LogP contribution in [-0.4, -0.2) is 71.5 Å². The van der Waals surface area contributed by atoms with E-state index in [0.29, 0.717) is 5.56 Å². The van der Waals surface area contributed by atoms with E-state index in [4.69, 9.17) is 15.2 Å². The van der Waals surface area contributed by atoms with Crippen LogP contribution in [-0.2, 0) is 4.74 Å². The Kier molecular flexibility index (Phi) is 5.30. The summed E-state index contributed by atoms with van der Waals surface area (Å²) in [6, 6.07) is 8.90. The van der Waals surface area contributed by atoms with Crippen LogP contribution < -0.4 is 10.5 Å². The first-order valence-corrected chi connectivity index (χ1v) is 8.98. The van der Waals surface area contributed by atoms with Crippen molar-refractivity contribution in [3.05, 3.63) is 42.2 Å². The standard InChI is InChI=1S/C18H21N5O6/c19-15-12-16(23(8-20-12)17-14(27)13(26)11(6-24)29-17)22-18(21-15)28-7-10(25)9-4-2-1-3-5-9/h1-5,8,10-11,13-14,17,24-27H,6-7H2,(H2,19,21,22)/t10-,11-,13?,14?,17-/m1/s1. The number of hydrogen-bond acceptors (Lipinski definition) is 10. The number of nitrogens with zero attached hydrogens (tertiary/aromatic N) is 4. The van der Waals surface area contributed by atoms with E-state index >= 15 is 0 Å². The van der Waals surface area contributed by atoms with Gasteiger partial charge >= 0.3 is 6.01 Å². The smallest absolute Gasteiger partial charge is 0.320 e. The maximum atomic E-state index is 10.3. The van der Waals surface area contributed by atoms with E-state index in [2.05, 4.69) is 15.0 Å². The minimum absolute atomic E-state index is 0.0460. The van der Waals surface area contributed by atoms with Crippen molar-refractivity contribution in [3.63, 3.8) is 0 Å². The molecule has 6 N–H and O–H groups in total. The minimum Gasteiger partial charge on any atom is -0.460 e. The van der Waals surface area contributed by atoms with Gasteiger partial charge in [0, 0.05) is 0 Å². The van der Waals surface area contributed by atoms with E-state index in [1.165, 1.54) is 10.9 Å². The van der Waals surface area contributed by atoms with Crippen LogP contribution in [0.3, 0.4) is 0 Å². The zero-order chi connectivity index (χ0) is 20.5. The number of imidazole rings is 1. The lowest BCUT2D eigenvalue weighted by Crippen LogP contribution is -2.33. The maximum absolute atomic E-state index is 10.3. The number of nitrogens with two attached hydrogens (primary N) is 1. The number of nitrogen functional groups attached to an aromatic ring is 1. The van der Waals surface area contributed by atoms with Gasteiger partial charge in [-0.05, 0) is 5.56 Å². The van der Waals surface area contributed by atoms with Gasteiger partial charge in [0.15, 0.2) is 23.2 Å². The van der Waals surface area contributed by atoms with Gasteiger partial charge in [-0.1, -0.05) is 30.3 Å². The summed E-state index contributed by atoms with van der Waals surface area (Å²) in [5.41, 5.74) is 7.10. The summed E-state index contributed by atoms with van der Waals surface area (Å²) in [4.78, 5) is 12.4. The number of ether oxygens (including phenoxy) is 2. The molecule has 0 bridgehead atoms. The predicted octanol–water partition coefficient (Wildman–Crippen LogP) is -0.868. The number of anilines is 1. The molecule has 11 nitrogen and oxygen atoms in total. The van der Waals surface area contributed by atoms with Crippen LogP contribution in [0, 0.1) is 0 Å². The van der Waals surface area contributed by atoms with E-state index in [0.717, 1.165) is 0 Å². The van der Waals surface area contributed by atoms with Gasteiger partial charge in [0.05, 0.1) is 12.9 Å². The van der Waals surface area contributed by atoms with Crippen molar-refractivity contribution in [1.82, 2.24) is 19.5 Å². The van der Waals surface area contributed by atoms with Gasteiger partial charge in [0.1, 0.15) is 31.0 Å². The van der Waals surface area contributed by atoms with Crippen LogP contribution in [0.5, 0.6) is 6.01 Å². The Morgan fingerprint density at radius 1 is 1.17 bits per heavy atom. The zero-order valence-corrected chi connectivity index (χ0v) is 15.2. The molecular weight excluding hydrogens is 382 g/mol. The first kappa shape index (κ1) is 19.5. The molecule has 0 aliphatic carbocycles. The summed E-state index contributed by atoms with van der Waals surface area (Å²) < 4.78 is 12.4. The third kappa shape index (κ3) is 3.61. The molecule has 4 rings (SSSR count). The second-order valence-electron chi connectivity index (χ2n) is 6.68. The quantitative estimate of drug-likeness (QED) is 0.349. The van der Waals surface area contributed by atoms with Gasteiger partial charge in [-0.25, -0.2) is 4.98 Å². The highest BCUT2D eigenvalue weighted by Gasteiger charge is 2.44. The Morgan fingerprint density at radius 3 is 2.62 bits per heavy atom. The van der Waals surface area contributed by atoms with Gasteiger partial charge in [-0.2, -0.15) is 9.97 Å². The number of aliphatic hydroxyl groups is 4. The Hall–Kier alpha value is -2.83. The minimum atomic E-state index is -1.30. The molecule has 1 fully saturated rings. The molecule has 2 aromatic heterocycles. The van der Waals surface area contributed by atoms with Gasteiger partial charge in [0.25, 0.3) is 0 Å². The van der Waals surface area contributed by atoms with E-state index in [-0.39, 0.29) is 29.6 Å². The first-order valence-electron chi connectivity index (χ1n) is 8.98. The number of fused-ring (bicyclic) bond motifs is 1. The Balaban J connectivity index is 1.59. The van der Waals surface area contributed by atoms with Crippen LogP contribution in [0.2, 0.25) is 0 Å². The molecular formula is C18H21N5O6. The monoisotopic (exact) mass is 403 g/mol. The zero-order valence-electron chi connectivity index (χ0n) is 15.2. The first-order chi connectivity index (χ1) is 14.0. The third-order valence-corrected chi connectivity index (χ3v) is 4.77. The van der Waals surface area contributed by atoms with Crippen LogP contribution >= 0.6 is 0 Å². The molecule has 3 heterocycles. The van der Waals surface area contributed by atoms with Crippen molar-refractivity contribution in [1.29, 1.82) is 0 Å². The number of benzene rings is 1. The molecule has 0 saturated carbocycles. The maximum Gasteiger partial charge on any atom is 0.320 e. The van der Waals surface area contributed by atoms with E-state index < -0.39 is 37.3 Å². The highest BCUT2D eigenvalue weighted by Crippen LogP contribution is 2.32. The van der Waals surface area contributed by atoms with E-state index in [9.17, 15) is 20.4 Å². The molecule has 3 aromatic rings. The molecule has 1 aliphatic rings. The fourth-order valence-corrected chi connectivity index (χ4v) is 3.20. The Labute approximate surface area is 165 Å². The average molecular weight is 403 g/mol. The van der Waals surface area contributed by atoms with Crippen LogP contribution in [0.1, 0.15) is 17.9 Å². The lowest BCUT2D eigenvalue weighted by atomic mass is 10.1. The van der Waals surface area contributed by atoms with Crippen molar-refractivity contribution in [2.24, 2.45) is 0 Å². The van der Waals surface area contributed by atoms with Crippen LogP contribution in [0.15, 0.2) is 36.7 Å². The van der Waals surface area contributed by atoms with Gasteiger partial charge in [0.2, 0.25) is 0 Å². The summed E-state index contributed by atoms with van der Waals surface area (Å²) in [5.74, 6) is 0.0460. The summed E-state index contributed by atoms with van der Waals surface area (Å²) in [6.07, 6.45) is -4.07. The Morgan fingerprint density at radius 2 is 1.93 bits per heavy atom. The third-order valence-electron chi connectivity index (χ3n) is 4.77. The summed E-state index contributed by atoms with van der Waals surface area (Å²) in [5, 5.41) is 39.8. The molecule has 0 radical (unpaired) electrons. The largest absolute Gasteiger partial charge is 0.460 e. The van der Waals surface area contributed by atoms with E-state index in [1.807, 2.05) is 6.07 Å². The van der Waals surface area contributed by atoms with Crippen molar-refractivity contribution in [2.75, 3.05) is 18.9 Å². The Bertz CT molecular complexity index is 984. The normalized spacial score (nSPS) is 25.4. The molecule has 0 spiro atoms. The van der Waals surface area contributed by atoms with Crippen molar-refractivity contribution in [2.45, 2.75) is 30.6 Å². The average Bonchev–Trinajstić information content (AvgIpc) is 3.28. The fraction of sp³-hybridized carbons (Fsp3) is 0.389. The lowest BCUT2D eigenvalue weighted by Gasteiger charge is -2.17. The number of hydrogen-bond donors (Lipinski definition) is 5. The lowest BCUT2D eigenvalue weighted by molar-refractivity contribution is -0.0511. The van der Waals surface area contributed by atoms with E-state index in [1.54, 1.807) is 24.3 Å². The van der Waals surface area contributed by atoms with Crippen LogP contribution in [0.4, 0.5) is 5.82 Å². The summed E-state index contributed by atoms with van der Waals surface area (Å²) >= 11 is 0. The molecule has 1 aromatic carbocycles. The molecule has 5 atom stereocenters. The second kappa shape index (κ2) is 7.89. The molecule has 1 saturated heterocycles. The van der Waals surface area contributed by atoms with Crippen molar-refractivity contribution >= 4 is 17.0 Å². The molecule has 0 amide bonds. The second-order valence-corrected chi connectivity index (χ2v) is 6.68. The molecule has 11 heteroatoms. The molecule has 2 unspecified atom stereocenters. The van der Waals surface area contributed by atoms with Gasteiger partial charge in [-0.15, -0.1) is 0 Å². The van der Waals surface area contributed by atoms with Crippen molar-refractivity contribution < 1.29 is 29.9 Å². The summed E-state index contributed by atoms with van der Waals surface area (Å²) in [6.45, 7) is -0.554. The topological polar surface area (TPSA) is 169 Å². The SMILES string of the molecule is Nc1nc(OC[C@@H](O)c2ccccc2)nc2c1ncn2[C@@H]1O[C@H](CO)C(O)C1O. The van der Waals surface area contributed by atoms with Crippen LogP contribution in [0.25, 0.3) is 11.2 Å².